The first-order valence-corrected chi connectivity index (χ1v) is 9.36. The molecule has 2 aliphatic rings. The van der Waals surface area contributed by atoms with E-state index >= 15 is 0 Å². The summed E-state index contributed by atoms with van der Waals surface area (Å²) in [6.07, 6.45) is 3.50. The molecule has 126 valence electrons. The molecule has 2 fully saturated rings. The van der Waals surface area contributed by atoms with Gasteiger partial charge in [-0.1, -0.05) is 30.5 Å². The maximum atomic E-state index is 14.2. The molecule has 1 aromatic carbocycles. The summed E-state index contributed by atoms with van der Waals surface area (Å²) in [5.41, 5.74) is 0. The predicted molar refractivity (Wildman–Crippen MR) is 82.2 cm³/mol. The van der Waals surface area contributed by atoms with E-state index in [0.717, 1.165) is 29.6 Å². The molecule has 1 saturated heterocycles. The van der Waals surface area contributed by atoms with Gasteiger partial charge in [0, 0.05) is 6.04 Å². The first-order chi connectivity index (χ1) is 10.8. The monoisotopic (exact) mass is 361 g/mol. The summed E-state index contributed by atoms with van der Waals surface area (Å²) in [6, 6.07) is 2.21. The van der Waals surface area contributed by atoms with Crippen LogP contribution in [0.3, 0.4) is 0 Å². The zero-order valence-electron chi connectivity index (χ0n) is 12.3. The Morgan fingerprint density at radius 1 is 1.30 bits per heavy atom. The minimum Gasteiger partial charge on any atom is -0.480 e. The van der Waals surface area contributed by atoms with Crippen LogP contribution in [0, 0.1) is 11.7 Å². The van der Waals surface area contributed by atoms with Gasteiger partial charge in [0.05, 0.1) is 5.02 Å². The zero-order chi connectivity index (χ0) is 16.8. The standard InChI is InChI=1S/C15H17ClFNO4S/c16-10-5-3-7-13(14(10)17)23(21,22)18-11-6-2-1-4-9(11)8-12(18)15(19)20/h3,5,7,9,11-12H,1-2,4,6,8H2,(H,19,20). The number of halogens is 2. The summed E-state index contributed by atoms with van der Waals surface area (Å²) in [7, 11) is -4.26. The third kappa shape index (κ3) is 2.75. The summed E-state index contributed by atoms with van der Waals surface area (Å²) >= 11 is 5.69. The molecule has 0 spiro atoms. The molecule has 5 nitrogen and oxygen atoms in total. The fraction of sp³-hybridized carbons (Fsp3) is 0.533. The van der Waals surface area contributed by atoms with E-state index in [2.05, 4.69) is 0 Å². The van der Waals surface area contributed by atoms with Crippen LogP contribution in [0.5, 0.6) is 0 Å². The van der Waals surface area contributed by atoms with Crippen LogP contribution in [0.2, 0.25) is 5.02 Å². The quantitative estimate of drug-likeness (QED) is 0.898. The summed E-state index contributed by atoms with van der Waals surface area (Å²) in [6.45, 7) is 0. The molecule has 1 aliphatic heterocycles. The maximum Gasteiger partial charge on any atom is 0.322 e. The molecule has 23 heavy (non-hydrogen) atoms. The minimum atomic E-state index is -4.26. The Balaban J connectivity index is 2.08. The highest BCUT2D eigenvalue weighted by Gasteiger charge is 2.51. The molecule has 0 amide bonds. The largest absolute Gasteiger partial charge is 0.480 e. The summed E-state index contributed by atoms with van der Waals surface area (Å²) in [5.74, 6) is -2.20. The van der Waals surface area contributed by atoms with Crippen LogP contribution in [0.25, 0.3) is 0 Å². The molecule has 1 N–H and O–H groups in total. The van der Waals surface area contributed by atoms with Crippen molar-refractivity contribution in [2.24, 2.45) is 5.92 Å². The fourth-order valence-corrected chi connectivity index (χ4v) is 5.96. The number of hydrogen-bond donors (Lipinski definition) is 1. The molecule has 0 aromatic heterocycles. The number of carbonyl (C=O) groups is 1. The number of nitrogens with zero attached hydrogens (tertiary/aromatic N) is 1. The Bertz CT molecular complexity index is 739. The van der Waals surface area contributed by atoms with E-state index in [1.807, 2.05) is 0 Å². The fourth-order valence-electron chi connectivity index (χ4n) is 3.77. The number of rotatable bonds is 3. The Labute approximate surface area is 139 Å². The van der Waals surface area contributed by atoms with Crippen LogP contribution in [-0.4, -0.2) is 35.9 Å². The van der Waals surface area contributed by atoms with Gasteiger partial charge in [0.2, 0.25) is 10.0 Å². The molecule has 3 unspecified atom stereocenters. The van der Waals surface area contributed by atoms with E-state index in [9.17, 15) is 22.7 Å². The minimum absolute atomic E-state index is 0.0156. The van der Waals surface area contributed by atoms with Crippen LogP contribution < -0.4 is 0 Å². The number of carboxylic acid groups (broad SMARTS) is 1. The number of aliphatic carboxylic acids is 1. The van der Waals surface area contributed by atoms with Crippen molar-refractivity contribution in [1.29, 1.82) is 0 Å². The highest BCUT2D eigenvalue weighted by molar-refractivity contribution is 7.89. The number of hydrogen-bond acceptors (Lipinski definition) is 3. The van der Waals surface area contributed by atoms with Crippen molar-refractivity contribution < 1.29 is 22.7 Å². The van der Waals surface area contributed by atoms with Crippen molar-refractivity contribution in [3.8, 4) is 0 Å². The first-order valence-electron chi connectivity index (χ1n) is 7.54. The van der Waals surface area contributed by atoms with Gasteiger partial charge in [-0.3, -0.25) is 4.79 Å². The van der Waals surface area contributed by atoms with E-state index in [4.69, 9.17) is 11.6 Å². The Morgan fingerprint density at radius 2 is 2.00 bits per heavy atom. The Morgan fingerprint density at radius 3 is 2.70 bits per heavy atom. The molecule has 1 aliphatic carbocycles. The second-order valence-corrected chi connectivity index (χ2v) is 8.31. The van der Waals surface area contributed by atoms with Gasteiger partial charge in [-0.25, -0.2) is 12.8 Å². The normalized spacial score (nSPS) is 28.5. The van der Waals surface area contributed by atoms with Crippen molar-refractivity contribution >= 4 is 27.6 Å². The van der Waals surface area contributed by atoms with Gasteiger partial charge in [-0.05, 0) is 37.3 Å². The molecule has 3 rings (SSSR count). The van der Waals surface area contributed by atoms with E-state index in [-0.39, 0.29) is 23.4 Å². The van der Waals surface area contributed by atoms with Crippen molar-refractivity contribution in [1.82, 2.24) is 4.31 Å². The lowest BCUT2D eigenvalue weighted by molar-refractivity contribution is -0.141. The average molecular weight is 362 g/mol. The average Bonchev–Trinajstić information content (AvgIpc) is 2.90. The van der Waals surface area contributed by atoms with Crippen LogP contribution in [-0.2, 0) is 14.8 Å². The van der Waals surface area contributed by atoms with Crippen molar-refractivity contribution in [3.05, 3.63) is 29.0 Å². The number of sulfonamides is 1. The van der Waals surface area contributed by atoms with Gasteiger partial charge in [-0.2, -0.15) is 4.31 Å². The summed E-state index contributed by atoms with van der Waals surface area (Å²) in [4.78, 5) is 11.0. The number of fused-ring (bicyclic) bond motifs is 1. The lowest BCUT2D eigenvalue weighted by Crippen LogP contribution is -2.46. The number of carboxylic acids is 1. The molecule has 1 heterocycles. The third-order valence-corrected chi connectivity index (χ3v) is 7.03. The summed E-state index contributed by atoms with van der Waals surface area (Å²) < 4.78 is 41.1. The van der Waals surface area contributed by atoms with Crippen molar-refractivity contribution in [3.63, 3.8) is 0 Å². The van der Waals surface area contributed by atoms with E-state index in [1.54, 1.807) is 0 Å². The van der Waals surface area contributed by atoms with Crippen LogP contribution in [0.15, 0.2) is 23.1 Å². The third-order valence-electron chi connectivity index (χ3n) is 4.79. The van der Waals surface area contributed by atoms with Crippen LogP contribution in [0.4, 0.5) is 4.39 Å². The zero-order valence-corrected chi connectivity index (χ0v) is 13.9. The van der Waals surface area contributed by atoms with E-state index < -0.39 is 32.7 Å². The molecular formula is C15H17ClFNO4S. The second-order valence-electron chi connectivity index (χ2n) is 6.09. The van der Waals surface area contributed by atoms with E-state index in [0.29, 0.717) is 6.42 Å². The van der Waals surface area contributed by atoms with Gasteiger partial charge >= 0.3 is 5.97 Å². The van der Waals surface area contributed by atoms with Gasteiger partial charge in [-0.15, -0.1) is 0 Å². The van der Waals surface area contributed by atoms with Gasteiger partial charge in [0.25, 0.3) is 0 Å². The first kappa shape index (κ1) is 16.7. The predicted octanol–water partition coefficient (Wildman–Crippen LogP) is 2.89. The molecule has 0 radical (unpaired) electrons. The van der Waals surface area contributed by atoms with Crippen molar-refractivity contribution in [2.75, 3.05) is 0 Å². The lowest BCUT2D eigenvalue weighted by atomic mass is 9.85. The topological polar surface area (TPSA) is 74.7 Å². The highest BCUT2D eigenvalue weighted by atomic mass is 35.5. The van der Waals surface area contributed by atoms with Gasteiger partial charge < -0.3 is 5.11 Å². The van der Waals surface area contributed by atoms with E-state index in [1.165, 1.54) is 12.1 Å². The molecule has 0 bridgehead atoms. The summed E-state index contributed by atoms with van der Waals surface area (Å²) in [5, 5.41) is 9.14. The van der Waals surface area contributed by atoms with Gasteiger partial charge in [0.15, 0.2) is 5.82 Å². The molecule has 8 heteroatoms. The SMILES string of the molecule is O=C(O)C1CC2CCCCC2N1S(=O)(=O)c1cccc(Cl)c1F. The molecule has 3 atom stereocenters. The lowest BCUT2D eigenvalue weighted by Gasteiger charge is -2.32. The number of benzene rings is 1. The van der Waals surface area contributed by atoms with Crippen molar-refractivity contribution in [2.45, 2.75) is 49.1 Å². The Kier molecular flexibility index (Phi) is 4.37. The smallest absolute Gasteiger partial charge is 0.322 e. The molecule has 1 aromatic rings. The highest BCUT2D eigenvalue weighted by Crippen LogP contribution is 2.43. The van der Waals surface area contributed by atoms with Gasteiger partial charge in [0.1, 0.15) is 10.9 Å². The van der Waals surface area contributed by atoms with Crippen LogP contribution >= 0.6 is 11.6 Å². The molecule has 1 saturated carbocycles. The molecular weight excluding hydrogens is 345 g/mol. The second kappa shape index (κ2) is 6.03. The Hall–Kier alpha value is -1.18. The maximum absolute atomic E-state index is 14.2. The van der Waals surface area contributed by atoms with Crippen LogP contribution in [0.1, 0.15) is 32.1 Å².